The van der Waals surface area contributed by atoms with Crippen molar-refractivity contribution in [3.8, 4) is 11.4 Å². The predicted octanol–water partition coefficient (Wildman–Crippen LogP) is 3.50. The molecule has 3 heteroatoms. The summed E-state index contributed by atoms with van der Waals surface area (Å²) in [6.45, 7) is 7.61. The van der Waals surface area contributed by atoms with Crippen LogP contribution in [0.1, 0.15) is 33.2 Å². The van der Waals surface area contributed by atoms with Crippen LogP contribution in [-0.4, -0.2) is 22.1 Å². The van der Waals surface area contributed by atoms with E-state index in [2.05, 4.69) is 66.1 Å². The maximum atomic E-state index is 4.49. The van der Waals surface area contributed by atoms with E-state index < -0.39 is 0 Å². The molecule has 2 atom stereocenters. The molecule has 0 bridgehead atoms. The molecule has 0 aliphatic carbocycles. The van der Waals surface area contributed by atoms with E-state index >= 15 is 0 Å². The number of nitrogens with one attached hydrogen (secondary N) is 1. The normalized spacial score (nSPS) is 14.3. The number of hydrogen-bond acceptors (Lipinski definition) is 2. The minimum atomic E-state index is 0.395. The van der Waals surface area contributed by atoms with Crippen LogP contribution in [0.3, 0.4) is 0 Å². The van der Waals surface area contributed by atoms with Crippen LogP contribution >= 0.6 is 0 Å². The maximum Gasteiger partial charge on any atom is 0.140 e. The van der Waals surface area contributed by atoms with Gasteiger partial charge in [0.15, 0.2) is 0 Å². The first-order valence-electron chi connectivity index (χ1n) is 7.04. The van der Waals surface area contributed by atoms with Crippen LogP contribution in [0.2, 0.25) is 0 Å². The van der Waals surface area contributed by atoms with Crippen molar-refractivity contribution in [2.24, 2.45) is 0 Å². The Morgan fingerprint density at radius 1 is 1.21 bits per heavy atom. The fourth-order valence-corrected chi connectivity index (χ4v) is 2.09. The Balaban J connectivity index is 2.11. The Hall–Kier alpha value is -1.61. The molecule has 2 aromatic rings. The van der Waals surface area contributed by atoms with Crippen molar-refractivity contribution in [2.45, 2.75) is 39.3 Å². The second-order valence-electron chi connectivity index (χ2n) is 5.09. The topological polar surface area (TPSA) is 29.9 Å². The number of benzene rings is 1. The third kappa shape index (κ3) is 3.44. The molecule has 2 rings (SSSR count). The molecule has 0 fully saturated rings. The van der Waals surface area contributed by atoms with Crippen molar-refractivity contribution in [1.82, 2.24) is 14.9 Å². The SMILES string of the molecule is CCC(C)NCC(C)n1ccnc1-c1ccccc1. The quantitative estimate of drug-likeness (QED) is 0.858. The average Bonchev–Trinajstić information content (AvgIpc) is 2.94. The summed E-state index contributed by atoms with van der Waals surface area (Å²) in [7, 11) is 0. The van der Waals surface area contributed by atoms with E-state index in [4.69, 9.17) is 0 Å². The van der Waals surface area contributed by atoms with Gasteiger partial charge in [0.05, 0.1) is 0 Å². The van der Waals surface area contributed by atoms with E-state index in [9.17, 15) is 0 Å². The summed E-state index contributed by atoms with van der Waals surface area (Å²) < 4.78 is 2.24. The van der Waals surface area contributed by atoms with Crippen molar-refractivity contribution in [3.05, 3.63) is 42.7 Å². The third-order valence-electron chi connectivity index (χ3n) is 3.55. The van der Waals surface area contributed by atoms with Crippen molar-refractivity contribution in [2.75, 3.05) is 6.54 Å². The first kappa shape index (κ1) is 13.8. The highest BCUT2D eigenvalue weighted by atomic mass is 15.1. The first-order chi connectivity index (χ1) is 9.22. The molecule has 2 unspecified atom stereocenters. The molecule has 1 N–H and O–H groups in total. The third-order valence-corrected chi connectivity index (χ3v) is 3.55. The molecule has 1 aromatic carbocycles. The molecule has 19 heavy (non-hydrogen) atoms. The molecule has 1 aromatic heterocycles. The summed E-state index contributed by atoms with van der Waals surface area (Å²) in [5.41, 5.74) is 1.17. The van der Waals surface area contributed by atoms with Crippen LogP contribution in [0.25, 0.3) is 11.4 Å². The molecule has 102 valence electrons. The molecular weight excluding hydrogens is 234 g/mol. The van der Waals surface area contributed by atoms with Gasteiger partial charge >= 0.3 is 0 Å². The van der Waals surface area contributed by atoms with Crippen molar-refractivity contribution in [1.29, 1.82) is 0 Å². The van der Waals surface area contributed by atoms with Gasteiger partial charge in [0.1, 0.15) is 5.82 Å². The lowest BCUT2D eigenvalue weighted by Gasteiger charge is -2.19. The number of imidazole rings is 1. The van der Waals surface area contributed by atoms with Gasteiger partial charge in [-0.15, -0.1) is 0 Å². The van der Waals surface area contributed by atoms with Crippen LogP contribution in [-0.2, 0) is 0 Å². The summed E-state index contributed by atoms with van der Waals surface area (Å²) in [6.07, 6.45) is 5.09. The Bertz CT molecular complexity index is 490. The average molecular weight is 257 g/mol. The molecule has 0 aliphatic rings. The molecule has 3 nitrogen and oxygen atoms in total. The van der Waals surface area contributed by atoms with Crippen LogP contribution in [0.5, 0.6) is 0 Å². The van der Waals surface area contributed by atoms with Gasteiger partial charge in [-0.25, -0.2) is 4.98 Å². The highest BCUT2D eigenvalue weighted by molar-refractivity contribution is 5.55. The van der Waals surface area contributed by atoms with E-state index in [1.54, 1.807) is 0 Å². The van der Waals surface area contributed by atoms with E-state index in [0.29, 0.717) is 12.1 Å². The van der Waals surface area contributed by atoms with Gasteiger partial charge in [-0.1, -0.05) is 37.3 Å². The van der Waals surface area contributed by atoms with Gasteiger partial charge in [-0.2, -0.15) is 0 Å². The monoisotopic (exact) mass is 257 g/mol. The predicted molar refractivity (Wildman–Crippen MR) is 80.1 cm³/mol. The summed E-state index contributed by atoms with van der Waals surface area (Å²) in [4.78, 5) is 4.49. The summed E-state index contributed by atoms with van der Waals surface area (Å²) in [5, 5.41) is 3.55. The molecule has 0 amide bonds. The number of hydrogen-bond donors (Lipinski definition) is 1. The molecule has 0 saturated heterocycles. The Morgan fingerprint density at radius 2 is 1.95 bits per heavy atom. The van der Waals surface area contributed by atoms with Crippen LogP contribution < -0.4 is 5.32 Å². The lowest BCUT2D eigenvalue weighted by Crippen LogP contribution is -2.30. The van der Waals surface area contributed by atoms with E-state index in [0.717, 1.165) is 18.8 Å². The summed E-state index contributed by atoms with van der Waals surface area (Å²) in [5.74, 6) is 1.04. The lowest BCUT2D eigenvalue weighted by atomic mass is 10.2. The van der Waals surface area contributed by atoms with Crippen molar-refractivity contribution in [3.63, 3.8) is 0 Å². The maximum absolute atomic E-state index is 4.49. The van der Waals surface area contributed by atoms with Crippen molar-refractivity contribution < 1.29 is 0 Å². The minimum Gasteiger partial charge on any atom is -0.327 e. The highest BCUT2D eigenvalue weighted by Gasteiger charge is 2.11. The molecule has 0 spiro atoms. The van der Waals surface area contributed by atoms with Gasteiger partial charge in [-0.05, 0) is 20.3 Å². The Morgan fingerprint density at radius 3 is 2.63 bits per heavy atom. The van der Waals surface area contributed by atoms with Gasteiger partial charge < -0.3 is 9.88 Å². The molecule has 0 saturated carbocycles. The van der Waals surface area contributed by atoms with E-state index in [-0.39, 0.29) is 0 Å². The van der Waals surface area contributed by atoms with E-state index in [1.165, 1.54) is 5.56 Å². The van der Waals surface area contributed by atoms with E-state index in [1.807, 2.05) is 12.3 Å². The fraction of sp³-hybridized carbons (Fsp3) is 0.438. The summed E-state index contributed by atoms with van der Waals surface area (Å²) in [6, 6.07) is 11.3. The Kier molecular flexibility index (Phi) is 4.74. The number of aromatic nitrogens is 2. The van der Waals surface area contributed by atoms with Crippen LogP contribution in [0, 0.1) is 0 Å². The van der Waals surface area contributed by atoms with Gasteiger partial charge in [-0.3, -0.25) is 0 Å². The Labute approximate surface area is 115 Å². The molecule has 1 heterocycles. The standard InChI is InChI=1S/C16H23N3/c1-4-13(2)18-12-14(3)19-11-10-17-16(19)15-8-6-5-7-9-15/h5-11,13-14,18H,4,12H2,1-3H3. The number of nitrogens with zero attached hydrogens (tertiary/aromatic N) is 2. The van der Waals surface area contributed by atoms with Crippen molar-refractivity contribution >= 4 is 0 Å². The second kappa shape index (κ2) is 6.53. The number of rotatable bonds is 6. The second-order valence-corrected chi connectivity index (χ2v) is 5.09. The first-order valence-corrected chi connectivity index (χ1v) is 7.04. The zero-order chi connectivity index (χ0) is 13.7. The smallest absolute Gasteiger partial charge is 0.140 e. The molecule has 0 radical (unpaired) electrons. The minimum absolute atomic E-state index is 0.395. The fourth-order valence-electron chi connectivity index (χ4n) is 2.09. The van der Waals surface area contributed by atoms with Crippen LogP contribution in [0.15, 0.2) is 42.7 Å². The lowest BCUT2D eigenvalue weighted by molar-refractivity contribution is 0.447. The zero-order valence-electron chi connectivity index (χ0n) is 12.0. The van der Waals surface area contributed by atoms with Gasteiger partial charge in [0.2, 0.25) is 0 Å². The highest BCUT2D eigenvalue weighted by Crippen LogP contribution is 2.20. The zero-order valence-corrected chi connectivity index (χ0v) is 12.0. The van der Waals surface area contributed by atoms with Gasteiger partial charge in [0, 0.05) is 36.6 Å². The van der Waals surface area contributed by atoms with Gasteiger partial charge in [0.25, 0.3) is 0 Å². The summed E-state index contributed by atoms with van der Waals surface area (Å²) >= 11 is 0. The largest absolute Gasteiger partial charge is 0.327 e. The molecule has 0 aliphatic heterocycles. The van der Waals surface area contributed by atoms with Crippen LogP contribution in [0.4, 0.5) is 0 Å². The molecular formula is C16H23N3.